The lowest BCUT2D eigenvalue weighted by molar-refractivity contribution is 0.0597. The molecule has 0 aliphatic heterocycles. The zero-order chi connectivity index (χ0) is 18.6. The predicted octanol–water partition coefficient (Wildman–Crippen LogP) is 1.34. The second-order valence-corrected chi connectivity index (χ2v) is 6.58. The van der Waals surface area contributed by atoms with Gasteiger partial charge in [0.15, 0.2) is 0 Å². The van der Waals surface area contributed by atoms with Gasteiger partial charge < -0.3 is 15.2 Å². The summed E-state index contributed by atoms with van der Waals surface area (Å²) in [5.74, 6) is -1.74. The molecule has 0 saturated heterocycles. The number of anilines is 1. The Morgan fingerprint density at radius 3 is 2.40 bits per heavy atom. The van der Waals surface area contributed by atoms with Crippen molar-refractivity contribution in [2.24, 2.45) is 0 Å². The summed E-state index contributed by atoms with van der Waals surface area (Å²) >= 11 is 0. The van der Waals surface area contributed by atoms with Crippen LogP contribution in [0.3, 0.4) is 0 Å². The van der Waals surface area contributed by atoms with Crippen molar-refractivity contribution >= 4 is 27.6 Å². The lowest BCUT2D eigenvalue weighted by Gasteiger charge is -2.12. The third-order valence-corrected chi connectivity index (χ3v) is 4.69. The average molecular weight is 364 g/mol. The molecule has 0 saturated carbocycles. The second-order valence-electron chi connectivity index (χ2n) is 4.90. The van der Waals surface area contributed by atoms with Crippen LogP contribution in [0.1, 0.15) is 20.7 Å². The molecule has 1 amide bonds. The first-order valence-electron chi connectivity index (χ1n) is 7.05. The van der Waals surface area contributed by atoms with Crippen molar-refractivity contribution < 1.29 is 27.9 Å². The average Bonchev–Trinajstić information content (AvgIpc) is 2.60. The molecule has 8 nitrogen and oxygen atoms in total. The van der Waals surface area contributed by atoms with E-state index in [0.29, 0.717) is 0 Å². The number of phenolic OH excluding ortho intramolecular Hbond substituents is 1. The summed E-state index contributed by atoms with van der Waals surface area (Å²) in [7, 11) is -1.57. The Bertz CT molecular complexity index is 924. The molecule has 3 N–H and O–H groups in total. The molecule has 25 heavy (non-hydrogen) atoms. The van der Waals surface area contributed by atoms with E-state index in [4.69, 9.17) is 0 Å². The van der Waals surface area contributed by atoms with E-state index in [9.17, 15) is 23.1 Å². The molecule has 132 valence electrons. The van der Waals surface area contributed by atoms with Gasteiger partial charge in [-0.15, -0.1) is 0 Å². The van der Waals surface area contributed by atoms with E-state index in [1.54, 1.807) is 12.1 Å². The zero-order valence-electron chi connectivity index (χ0n) is 13.4. The lowest BCUT2D eigenvalue weighted by atomic mass is 10.2. The molecular formula is C16H16N2O6S. The van der Waals surface area contributed by atoms with E-state index in [-0.39, 0.29) is 21.7 Å². The van der Waals surface area contributed by atoms with Gasteiger partial charge in [0.1, 0.15) is 11.3 Å². The Morgan fingerprint density at radius 1 is 1.08 bits per heavy atom. The number of hydrogen-bond acceptors (Lipinski definition) is 6. The Labute approximate surface area is 144 Å². The van der Waals surface area contributed by atoms with Crippen LogP contribution in [0.5, 0.6) is 5.75 Å². The monoisotopic (exact) mass is 364 g/mol. The standard InChI is InChI=1S/C16H16N2O6S/c1-17-15(20)11-5-3-4-6-13(11)18-25(22,23)10-7-8-14(19)12(9-10)16(21)24-2/h3-9,18-19H,1-2H3,(H,17,20). The summed E-state index contributed by atoms with van der Waals surface area (Å²) in [5, 5.41) is 12.1. The maximum absolute atomic E-state index is 12.6. The van der Waals surface area contributed by atoms with Gasteiger partial charge in [-0.1, -0.05) is 12.1 Å². The zero-order valence-corrected chi connectivity index (χ0v) is 14.3. The van der Waals surface area contributed by atoms with E-state index >= 15 is 0 Å². The summed E-state index contributed by atoms with van der Waals surface area (Å²) in [6.45, 7) is 0. The summed E-state index contributed by atoms with van der Waals surface area (Å²) < 4.78 is 31.9. The molecular weight excluding hydrogens is 348 g/mol. The number of phenols is 1. The van der Waals surface area contributed by atoms with E-state index in [1.165, 1.54) is 19.2 Å². The highest BCUT2D eigenvalue weighted by atomic mass is 32.2. The summed E-state index contributed by atoms with van der Waals surface area (Å²) in [5.41, 5.74) is -0.0694. The number of esters is 1. The molecule has 0 unspecified atom stereocenters. The number of carbonyl (C=O) groups excluding carboxylic acids is 2. The quantitative estimate of drug-likeness (QED) is 0.688. The lowest BCUT2D eigenvalue weighted by Crippen LogP contribution is -2.21. The van der Waals surface area contributed by atoms with Crippen LogP contribution in [0.15, 0.2) is 47.4 Å². The molecule has 0 fully saturated rings. The van der Waals surface area contributed by atoms with Crippen molar-refractivity contribution in [2.45, 2.75) is 4.90 Å². The minimum absolute atomic E-state index is 0.0783. The molecule has 0 radical (unpaired) electrons. The SMILES string of the molecule is CNC(=O)c1ccccc1NS(=O)(=O)c1ccc(O)c(C(=O)OC)c1. The first-order chi connectivity index (χ1) is 11.8. The van der Waals surface area contributed by atoms with Crippen LogP contribution in [0.4, 0.5) is 5.69 Å². The Morgan fingerprint density at radius 2 is 1.76 bits per heavy atom. The van der Waals surface area contributed by atoms with Gasteiger partial charge in [0.05, 0.1) is 23.3 Å². The van der Waals surface area contributed by atoms with Crippen LogP contribution < -0.4 is 10.0 Å². The summed E-state index contributed by atoms with van der Waals surface area (Å²) in [6.07, 6.45) is 0. The second kappa shape index (κ2) is 7.22. The van der Waals surface area contributed by atoms with Crippen LogP contribution in [-0.2, 0) is 14.8 Å². The van der Waals surface area contributed by atoms with Crippen LogP contribution in [0, 0.1) is 0 Å². The van der Waals surface area contributed by atoms with Crippen molar-refractivity contribution in [1.82, 2.24) is 5.32 Å². The first kappa shape index (κ1) is 18.3. The Hall–Kier alpha value is -3.07. The molecule has 0 atom stereocenters. The van der Waals surface area contributed by atoms with Gasteiger partial charge in [-0.05, 0) is 30.3 Å². The number of aromatic hydroxyl groups is 1. The molecule has 0 aliphatic carbocycles. The number of ether oxygens (including phenoxy) is 1. The fraction of sp³-hybridized carbons (Fsp3) is 0.125. The molecule has 0 heterocycles. The van der Waals surface area contributed by atoms with Crippen LogP contribution in [0.25, 0.3) is 0 Å². The summed E-state index contributed by atoms with van der Waals surface area (Å²) in [4.78, 5) is 23.2. The summed E-state index contributed by atoms with van der Waals surface area (Å²) in [6, 6.07) is 9.26. The minimum atomic E-state index is -4.11. The molecule has 2 rings (SSSR count). The maximum atomic E-state index is 12.6. The highest BCUT2D eigenvalue weighted by molar-refractivity contribution is 7.92. The Kier molecular flexibility index (Phi) is 5.28. The molecule has 2 aromatic carbocycles. The number of hydrogen-bond donors (Lipinski definition) is 3. The van der Waals surface area contributed by atoms with Gasteiger partial charge in [0, 0.05) is 7.05 Å². The topological polar surface area (TPSA) is 122 Å². The smallest absolute Gasteiger partial charge is 0.341 e. The number of nitrogens with one attached hydrogen (secondary N) is 2. The van der Waals surface area contributed by atoms with E-state index in [0.717, 1.165) is 25.3 Å². The third kappa shape index (κ3) is 3.89. The van der Waals surface area contributed by atoms with E-state index in [1.807, 2.05) is 0 Å². The maximum Gasteiger partial charge on any atom is 0.341 e. The van der Waals surface area contributed by atoms with Crippen molar-refractivity contribution in [2.75, 3.05) is 18.9 Å². The number of carbonyl (C=O) groups is 2. The molecule has 0 aromatic heterocycles. The number of rotatable bonds is 5. The number of sulfonamides is 1. The van der Waals surface area contributed by atoms with Gasteiger partial charge in [-0.25, -0.2) is 13.2 Å². The number of methoxy groups -OCH3 is 1. The van der Waals surface area contributed by atoms with Crippen LogP contribution in [-0.4, -0.2) is 39.6 Å². The number of benzene rings is 2. The molecule has 2 aromatic rings. The highest BCUT2D eigenvalue weighted by Crippen LogP contribution is 2.25. The molecule has 0 aliphatic rings. The van der Waals surface area contributed by atoms with Crippen molar-refractivity contribution in [1.29, 1.82) is 0 Å². The number of amides is 1. The highest BCUT2D eigenvalue weighted by Gasteiger charge is 2.21. The van der Waals surface area contributed by atoms with Gasteiger partial charge in [0.2, 0.25) is 0 Å². The van der Waals surface area contributed by atoms with Crippen molar-refractivity contribution in [3.05, 3.63) is 53.6 Å². The molecule has 0 bridgehead atoms. The normalized spacial score (nSPS) is 10.8. The van der Waals surface area contributed by atoms with Gasteiger partial charge in [-0.3, -0.25) is 9.52 Å². The molecule has 9 heteroatoms. The Balaban J connectivity index is 2.45. The van der Waals surface area contributed by atoms with Crippen molar-refractivity contribution in [3.63, 3.8) is 0 Å². The van der Waals surface area contributed by atoms with Gasteiger partial charge >= 0.3 is 5.97 Å². The minimum Gasteiger partial charge on any atom is -0.507 e. The number of para-hydroxylation sites is 1. The fourth-order valence-electron chi connectivity index (χ4n) is 2.06. The first-order valence-corrected chi connectivity index (χ1v) is 8.53. The van der Waals surface area contributed by atoms with Gasteiger partial charge in [0.25, 0.3) is 15.9 Å². The van der Waals surface area contributed by atoms with Gasteiger partial charge in [-0.2, -0.15) is 0 Å². The van der Waals surface area contributed by atoms with E-state index in [2.05, 4.69) is 14.8 Å². The molecule has 0 spiro atoms. The predicted molar refractivity (Wildman–Crippen MR) is 90.1 cm³/mol. The third-order valence-electron chi connectivity index (χ3n) is 3.33. The van der Waals surface area contributed by atoms with Crippen molar-refractivity contribution in [3.8, 4) is 5.75 Å². The largest absolute Gasteiger partial charge is 0.507 e. The van der Waals surface area contributed by atoms with Crippen LogP contribution >= 0.6 is 0 Å². The van der Waals surface area contributed by atoms with Crippen LogP contribution in [0.2, 0.25) is 0 Å². The van der Waals surface area contributed by atoms with E-state index < -0.39 is 27.6 Å². The fourth-order valence-corrected chi connectivity index (χ4v) is 3.17.